The molecule has 6 nitrogen and oxygen atoms in total. The van der Waals surface area contributed by atoms with E-state index in [1.54, 1.807) is 29.2 Å². The molecular formula is C20H15BrCl2N2O4. The van der Waals surface area contributed by atoms with Gasteiger partial charge in [0.1, 0.15) is 5.58 Å². The Morgan fingerprint density at radius 2 is 1.69 bits per heavy atom. The highest BCUT2D eigenvalue weighted by molar-refractivity contribution is 9.10. The van der Waals surface area contributed by atoms with Gasteiger partial charge in [0.05, 0.1) is 25.8 Å². The van der Waals surface area contributed by atoms with Crippen molar-refractivity contribution in [1.82, 2.24) is 4.90 Å². The van der Waals surface area contributed by atoms with E-state index in [4.69, 9.17) is 32.7 Å². The molecule has 1 amide bonds. The number of carboxylic acids is 1. The molecule has 0 radical (unpaired) electrons. The molecule has 1 N–H and O–H groups in total. The monoisotopic (exact) mass is 496 g/mol. The van der Waals surface area contributed by atoms with E-state index in [9.17, 15) is 9.59 Å². The van der Waals surface area contributed by atoms with Gasteiger partial charge in [0.2, 0.25) is 5.76 Å². The van der Waals surface area contributed by atoms with Gasteiger partial charge in [-0.3, -0.25) is 4.79 Å². The quantitative estimate of drug-likeness (QED) is 0.540. The van der Waals surface area contributed by atoms with E-state index in [-0.39, 0.29) is 11.7 Å². The number of anilines is 1. The molecule has 0 bridgehead atoms. The summed E-state index contributed by atoms with van der Waals surface area (Å²) in [6, 6.07) is 10.1. The fourth-order valence-electron chi connectivity index (χ4n) is 3.43. The van der Waals surface area contributed by atoms with Gasteiger partial charge in [-0.05, 0) is 40.2 Å². The SMILES string of the molecule is O=C(O)c1cc2c(Br)c(N3CCN(C(=O)c4c(Cl)cccc4Cl)CC3)ccc2o1. The number of hydrogen-bond donors (Lipinski definition) is 1. The summed E-state index contributed by atoms with van der Waals surface area (Å²) < 4.78 is 6.11. The number of amides is 1. The lowest BCUT2D eigenvalue weighted by atomic mass is 10.1. The summed E-state index contributed by atoms with van der Waals surface area (Å²) in [5, 5.41) is 10.5. The van der Waals surface area contributed by atoms with Crippen LogP contribution in [-0.4, -0.2) is 48.1 Å². The molecule has 4 rings (SSSR count). The number of halogens is 3. The Labute approximate surface area is 184 Å². The van der Waals surface area contributed by atoms with Crippen LogP contribution in [-0.2, 0) is 0 Å². The number of fused-ring (bicyclic) bond motifs is 1. The second kappa shape index (κ2) is 7.89. The number of benzene rings is 2. The van der Waals surface area contributed by atoms with Crippen molar-refractivity contribution in [3.8, 4) is 0 Å². The van der Waals surface area contributed by atoms with Crippen LogP contribution in [0.15, 0.2) is 45.3 Å². The van der Waals surface area contributed by atoms with Gasteiger partial charge in [0, 0.05) is 37.6 Å². The van der Waals surface area contributed by atoms with E-state index in [1.165, 1.54) is 6.07 Å². The molecular weight excluding hydrogens is 483 g/mol. The number of furan rings is 1. The molecule has 150 valence electrons. The molecule has 29 heavy (non-hydrogen) atoms. The second-order valence-corrected chi connectivity index (χ2v) is 8.21. The molecule has 2 aromatic carbocycles. The molecule has 2 heterocycles. The predicted molar refractivity (Wildman–Crippen MR) is 115 cm³/mol. The van der Waals surface area contributed by atoms with Crippen LogP contribution in [0.4, 0.5) is 5.69 Å². The standard InChI is InChI=1S/C20H15BrCl2N2O4/c21-18-11-10-16(20(27)28)29-15(11)5-4-14(18)24-6-8-25(9-7-24)19(26)17-12(22)2-1-3-13(17)23/h1-5,10H,6-9H2,(H,27,28). The first-order valence-corrected chi connectivity index (χ1v) is 10.4. The lowest BCUT2D eigenvalue weighted by molar-refractivity contribution is 0.0664. The van der Waals surface area contributed by atoms with Gasteiger partial charge >= 0.3 is 5.97 Å². The number of carboxylic acid groups (broad SMARTS) is 1. The maximum Gasteiger partial charge on any atom is 0.371 e. The smallest absolute Gasteiger partial charge is 0.371 e. The number of aromatic carboxylic acids is 1. The van der Waals surface area contributed by atoms with Gasteiger partial charge in [0.15, 0.2) is 0 Å². The first-order chi connectivity index (χ1) is 13.9. The van der Waals surface area contributed by atoms with E-state index in [0.29, 0.717) is 52.8 Å². The van der Waals surface area contributed by atoms with Crippen molar-refractivity contribution in [3.63, 3.8) is 0 Å². The Balaban J connectivity index is 1.53. The van der Waals surface area contributed by atoms with Gasteiger partial charge in [-0.1, -0.05) is 29.3 Å². The molecule has 0 atom stereocenters. The van der Waals surface area contributed by atoms with Crippen LogP contribution in [0.2, 0.25) is 10.0 Å². The van der Waals surface area contributed by atoms with Crippen molar-refractivity contribution >= 4 is 67.7 Å². The average Bonchev–Trinajstić information content (AvgIpc) is 3.14. The fourth-order valence-corrected chi connectivity index (χ4v) is 4.68. The summed E-state index contributed by atoms with van der Waals surface area (Å²) in [6.45, 7) is 2.25. The number of nitrogens with zero attached hydrogens (tertiary/aromatic N) is 2. The molecule has 0 unspecified atom stereocenters. The van der Waals surface area contributed by atoms with E-state index in [0.717, 1.165) is 10.2 Å². The fraction of sp³-hybridized carbons (Fsp3) is 0.200. The molecule has 0 aliphatic carbocycles. The average molecular weight is 498 g/mol. The number of carbonyl (C=O) groups excluding carboxylic acids is 1. The topological polar surface area (TPSA) is 74.0 Å². The summed E-state index contributed by atoms with van der Waals surface area (Å²) in [5.74, 6) is -1.40. The van der Waals surface area contributed by atoms with Crippen LogP contribution in [0.25, 0.3) is 11.0 Å². The molecule has 1 aliphatic rings. The van der Waals surface area contributed by atoms with Crippen LogP contribution >= 0.6 is 39.1 Å². The van der Waals surface area contributed by atoms with Gasteiger partial charge in [-0.15, -0.1) is 0 Å². The number of carbonyl (C=O) groups is 2. The van der Waals surface area contributed by atoms with E-state index < -0.39 is 5.97 Å². The molecule has 3 aromatic rings. The molecule has 0 spiro atoms. The van der Waals surface area contributed by atoms with Crippen LogP contribution in [0.5, 0.6) is 0 Å². The summed E-state index contributed by atoms with van der Waals surface area (Å²) in [6.07, 6.45) is 0. The maximum absolute atomic E-state index is 12.9. The maximum atomic E-state index is 12.9. The van der Waals surface area contributed by atoms with Gasteiger partial charge < -0.3 is 19.3 Å². The molecule has 0 saturated carbocycles. The second-order valence-electron chi connectivity index (χ2n) is 6.60. The van der Waals surface area contributed by atoms with E-state index in [1.807, 2.05) is 6.07 Å². The zero-order valence-electron chi connectivity index (χ0n) is 15.0. The summed E-state index contributed by atoms with van der Waals surface area (Å²) >= 11 is 15.9. The Kier molecular flexibility index (Phi) is 5.46. The van der Waals surface area contributed by atoms with Gasteiger partial charge in [0.25, 0.3) is 5.91 Å². The highest BCUT2D eigenvalue weighted by Crippen LogP contribution is 2.36. The first kappa shape index (κ1) is 20.1. The van der Waals surface area contributed by atoms with Gasteiger partial charge in [-0.25, -0.2) is 4.79 Å². The molecule has 1 aromatic heterocycles. The third-order valence-corrected chi connectivity index (χ3v) is 6.37. The van der Waals surface area contributed by atoms with Crippen molar-refractivity contribution in [3.05, 3.63) is 62.2 Å². The first-order valence-electron chi connectivity index (χ1n) is 8.80. The van der Waals surface area contributed by atoms with Crippen molar-refractivity contribution in [2.45, 2.75) is 0 Å². The molecule has 1 saturated heterocycles. The third kappa shape index (κ3) is 3.70. The lowest BCUT2D eigenvalue weighted by Crippen LogP contribution is -2.49. The Hall–Kier alpha value is -2.22. The van der Waals surface area contributed by atoms with Crippen LogP contribution in [0.1, 0.15) is 20.9 Å². The molecule has 9 heteroatoms. The highest BCUT2D eigenvalue weighted by Gasteiger charge is 2.26. The predicted octanol–water partition coefficient (Wildman–Crippen LogP) is 5.16. The Morgan fingerprint density at radius 1 is 1.03 bits per heavy atom. The Morgan fingerprint density at radius 3 is 2.31 bits per heavy atom. The van der Waals surface area contributed by atoms with Gasteiger partial charge in [-0.2, -0.15) is 0 Å². The van der Waals surface area contributed by atoms with Crippen LogP contribution in [0.3, 0.4) is 0 Å². The normalized spacial score (nSPS) is 14.4. The summed E-state index contributed by atoms with van der Waals surface area (Å²) in [5.41, 5.74) is 1.74. The molecule has 1 fully saturated rings. The number of piperazine rings is 1. The zero-order chi connectivity index (χ0) is 20.7. The summed E-state index contributed by atoms with van der Waals surface area (Å²) in [4.78, 5) is 27.9. The highest BCUT2D eigenvalue weighted by atomic mass is 79.9. The number of rotatable bonds is 3. The van der Waals surface area contributed by atoms with Crippen molar-refractivity contribution in [2.75, 3.05) is 31.1 Å². The minimum atomic E-state index is -1.11. The minimum absolute atomic E-state index is 0.107. The van der Waals surface area contributed by atoms with E-state index in [2.05, 4.69) is 20.8 Å². The lowest BCUT2D eigenvalue weighted by Gasteiger charge is -2.36. The van der Waals surface area contributed by atoms with Crippen molar-refractivity contribution < 1.29 is 19.1 Å². The Bertz CT molecular complexity index is 1100. The number of hydrogen-bond acceptors (Lipinski definition) is 4. The third-order valence-electron chi connectivity index (χ3n) is 4.91. The zero-order valence-corrected chi connectivity index (χ0v) is 18.1. The molecule has 1 aliphatic heterocycles. The van der Waals surface area contributed by atoms with Crippen LogP contribution < -0.4 is 4.90 Å². The largest absolute Gasteiger partial charge is 0.475 e. The van der Waals surface area contributed by atoms with E-state index >= 15 is 0 Å². The van der Waals surface area contributed by atoms with Crippen molar-refractivity contribution in [1.29, 1.82) is 0 Å². The van der Waals surface area contributed by atoms with Crippen LogP contribution in [0, 0.1) is 0 Å². The van der Waals surface area contributed by atoms with Crippen molar-refractivity contribution in [2.24, 2.45) is 0 Å². The summed E-state index contributed by atoms with van der Waals surface area (Å²) in [7, 11) is 0. The minimum Gasteiger partial charge on any atom is -0.475 e.